The third-order valence-electron chi connectivity index (χ3n) is 5.36. The van der Waals surface area contributed by atoms with Gasteiger partial charge in [-0.05, 0) is 30.3 Å². The highest BCUT2D eigenvalue weighted by Crippen LogP contribution is 2.50. The Balaban J connectivity index is 1.92. The standard InChI is InChI=1S/C22H21FN2O5S/c1-24-21-20(31-22(24)27)15(11-17(26)25(21)13-7-5-12(23)6-8-13)14-9-10-16(28-2)19(30-4)18(14)29-3/h5-10,15H,11H2,1-4H3. The largest absolute Gasteiger partial charge is 0.493 e. The number of anilines is 2. The Morgan fingerprint density at radius 2 is 1.65 bits per heavy atom. The lowest BCUT2D eigenvalue weighted by atomic mass is 9.89. The molecular formula is C22H21FN2O5S. The zero-order valence-electron chi connectivity index (χ0n) is 17.5. The number of halogens is 1. The third-order valence-corrected chi connectivity index (χ3v) is 6.50. The van der Waals surface area contributed by atoms with Crippen molar-refractivity contribution in [2.75, 3.05) is 26.2 Å². The predicted molar refractivity (Wildman–Crippen MR) is 116 cm³/mol. The van der Waals surface area contributed by atoms with Crippen molar-refractivity contribution < 1.29 is 23.4 Å². The van der Waals surface area contributed by atoms with Gasteiger partial charge in [-0.1, -0.05) is 17.4 Å². The van der Waals surface area contributed by atoms with E-state index in [2.05, 4.69) is 0 Å². The number of fused-ring (bicyclic) bond motifs is 1. The Kier molecular flexibility index (Phi) is 5.45. The minimum atomic E-state index is -0.409. The van der Waals surface area contributed by atoms with Crippen LogP contribution in [-0.4, -0.2) is 31.8 Å². The maximum atomic E-state index is 13.4. The van der Waals surface area contributed by atoms with Crippen LogP contribution in [0.2, 0.25) is 0 Å². The molecule has 0 fully saturated rings. The normalized spacial score (nSPS) is 15.6. The zero-order valence-corrected chi connectivity index (χ0v) is 18.3. The van der Waals surface area contributed by atoms with E-state index in [4.69, 9.17) is 14.2 Å². The Morgan fingerprint density at radius 1 is 0.968 bits per heavy atom. The molecule has 162 valence electrons. The van der Waals surface area contributed by atoms with Crippen LogP contribution in [0.1, 0.15) is 22.8 Å². The highest BCUT2D eigenvalue weighted by molar-refractivity contribution is 7.10. The number of ether oxygens (including phenoxy) is 3. The molecule has 1 aliphatic rings. The molecular weight excluding hydrogens is 423 g/mol. The smallest absolute Gasteiger partial charge is 0.308 e. The number of amides is 1. The maximum Gasteiger partial charge on any atom is 0.308 e. The van der Waals surface area contributed by atoms with Gasteiger partial charge in [0.1, 0.15) is 11.6 Å². The number of aromatic nitrogens is 1. The van der Waals surface area contributed by atoms with Crippen LogP contribution >= 0.6 is 11.3 Å². The molecule has 1 atom stereocenters. The van der Waals surface area contributed by atoms with Gasteiger partial charge in [0, 0.05) is 24.9 Å². The quantitative estimate of drug-likeness (QED) is 0.599. The van der Waals surface area contributed by atoms with E-state index in [0.29, 0.717) is 28.8 Å². The molecule has 4 rings (SSSR count). The number of carbonyl (C=O) groups excluding carboxylic acids is 1. The molecule has 2 aromatic carbocycles. The first-order chi connectivity index (χ1) is 14.9. The van der Waals surface area contributed by atoms with Gasteiger partial charge >= 0.3 is 4.87 Å². The number of hydrogen-bond donors (Lipinski definition) is 0. The van der Waals surface area contributed by atoms with Crippen molar-refractivity contribution in [1.29, 1.82) is 0 Å². The molecule has 0 saturated heterocycles. The van der Waals surface area contributed by atoms with Crippen LogP contribution in [0, 0.1) is 5.82 Å². The van der Waals surface area contributed by atoms with Crippen molar-refractivity contribution in [2.45, 2.75) is 12.3 Å². The minimum absolute atomic E-state index is 0.107. The summed E-state index contributed by atoms with van der Waals surface area (Å²) >= 11 is 1.08. The lowest BCUT2D eigenvalue weighted by molar-refractivity contribution is -0.118. The summed E-state index contributed by atoms with van der Waals surface area (Å²) < 4.78 is 31.4. The van der Waals surface area contributed by atoms with Crippen molar-refractivity contribution in [1.82, 2.24) is 4.57 Å². The average molecular weight is 444 g/mol. The van der Waals surface area contributed by atoms with E-state index in [1.54, 1.807) is 13.1 Å². The molecule has 0 saturated carbocycles. The molecule has 1 amide bonds. The second-order valence-electron chi connectivity index (χ2n) is 7.00. The number of rotatable bonds is 5. The molecule has 1 aliphatic heterocycles. The van der Waals surface area contributed by atoms with Gasteiger partial charge in [-0.3, -0.25) is 19.1 Å². The van der Waals surface area contributed by atoms with Gasteiger partial charge < -0.3 is 14.2 Å². The fraction of sp³-hybridized carbons (Fsp3) is 0.273. The summed E-state index contributed by atoms with van der Waals surface area (Å²) in [5, 5.41) is 0. The summed E-state index contributed by atoms with van der Waals surface area (Å²) in [5.74, 6) is 0.812. The Hall–Kier alpha value is -3.33. The van der Waals surface area contributed by atoms with Crippen LogP contribution in [0.3, 0.4) is 0 Å². The van der Waals surface area contributed by atoms with E-state index in [9.17, 15) is 14.0 Å². The van der Waals surface area contributed by atoms with Crippen LogP contribution in [0.4, 0.5) is 15.9 Å². The van der Waals surface area contributed by atoms with Crippen molar-refractivity contribution in [3.63, 3.8) is 0 Å². The molecule has 2 heterocycles. The minimum Gasteiger partial charge on any atom is -0.493 e. The summed E-state index contributed by atoms with van der Waals surface area (Å²) in [7, 11) is 6.18. The van der Waals surface area contributed by atoms with Crippen LogP contribution in [0.15, 0.2) is 41.2 Å². The number of carbonyl (C=O) groups is 1. The van der Waals surface area contributed by atoms with E-state index in [0.717, 1.165) is 21.8 Å². The van der Waals surface area contributed by atoms with Gasteiger partial charge in [0.2, 0.25) is 11.7 Å². The number of methoxy groups -OCH3 is 3. The summed E-state index contributed by atoms with van der Waals surface area (Å²) in [4.78, 5) is 27.9. The highest BCUT2D eigenvalue weighted by Gasteiger charge is 2.39. The Bertz CT molecular complexity index is 1200. The van der Waals surface area contributed by atoms with Gasteiger partial charge in [0.15, 0.2) is 11.5 Å². The SMILES string of the molecule is COc1ccc(C2CC(=O)N(c3ccc(F)cc3)c3c2sc(=O)n3C)c(OC)c1OC. The topological polar surface area (TPSA) is 70.0 Å². The summed E-state index contributed by atoms with van der Waals surface area (Å²) in [5.41, 5.74) is 1.22. The van der Waals surface area contributed by atoms with E-state index in [1.807, 2.05) is 6.07 Å². The fourth-order valence-electron chi connectivity index (χ4n) is 3.93. The Morgan fingerprint density at radius 3 is 2.26 bits per heavy atom. The fourth-order valence-corrected chi connectivity index (χ4v) is 5.01. The lowest BCUT2D eigenvalue weighted by Gasteiger charge is -2.33. The van der Waals surface area contributed by atoms with E-state index in [1.165, 1.54) is 55.1 Å². The van der Waals surface area contributed by atoms with E-state index in [-0.39, 0.29) is 17.2 Å². The van der Waals surface area contributed by atoms with Crippen molar-refractivity contribution in [2.24, 2.45) is 7.05 Å². The second kappa shape index (κ2) is 8.07. The first-order valence-electron chi connectivity index (χ1n) is 9.48. The lowest BCUT2D eigenvalue weighted by Crippen LogP contribution is -2.34. The van der Waals surface area contributed by atoms with Gasteiger partial charge in [0.05, 0.1) is 31.9 Å². The van der Waals surface area contributed by atoms with E-state index < -0.39 is 11.7 Å². The molecule has 1 unspecified atom stereocenters. The predicted octanol–water partition coefficient (Wildman–Crippen LogP) is 3.81. The molecule has 0 radical (unpaired) electrons. The van der Waals surface area contributed by atoms with Crippen LogP contribution < -0.4 is 24.0 Å². The van der Waals surface area contributed by atoms with Gasteiger partial charge in [-0.15, -0.1) is 0 Å². The van der Waals surface area contributed by atoms with Crippen molar-refractivity contribution in [3.8, 4) is 17.2 Å². The van der Waals surface area contributed by atoms with Gasteiger partial charge in [-0.2, -0.15) is 0 Å². The van der Waals surface area contributed by atoms with Crippen LogP contribution in [-0.2, 0) is 11.8 Å². The van der Waals surface area contributed by atoms with Gasteiger partial charge in [-0.25, -0.2) is 4.39 Å². The molecule has 3 aromatic rings. The zero-order chi connectivity index (χ0) is 22.3. The molecule has 7 nitrogen and oxygen atoms in total. The highest BCUT2D eigenvalue weighted by atomic mass is 32.1. The molecule has 31 heavy (non-hydrogen) atoms. The first kappa shape index (κ1) is 20.9. The maximum absolute atomic E-state index is 13.4. The molecule has 0 aliphatic carbocycles. The summed E-state index contributed by atoms with van der Waals surface area (Å²) in [6.07, 6.45) is 0.107. The van der Waals surface area contributed by atoms with Crippen molar-refractivity contribution in [3.05, 3.63) is 62.3 Å². The monoisotopic (exact) mass is 444 g/mol. The molecule has 0 spiro atoms. The van der Waals surface area contributed by atoms with Gasteiger partial charge in [0.25, 0.3) is 0 Å². The molecule has 0 N–H and O–H groups in total. The number of benzene rings is 2. The second-order valence-corrected chi connectivity index (χ2v) is 7.99. The summed E-state index contributed by atoms with van der Waals surface area (Å²) in [6, 6.07) is 9.19. The van der Waals surface area contributed by atoms with Crippen LogP contribution in [0.5, 0.6) is 17.2 Å². The van der Waals surface area contributed by atoms with Crippen molar-refractivity contribution >= 4 is 28.7 Å². The first-order valence-corrected chi connectivity index (χ1v) is 10.3. The molecule has 9 heteroatoms. The number of nitrogens with zero attached hydrogens (tertiary/aromatic N) is 2. The van der Waals surface area contributed by atoms with Crippen LogP contribution in [0.25, 0.3) is 0 Å². The molecule has 0 bridgehead atoms. The molecule has 1 aromatic heterocycles. The van der Waals surface area contributed by atoms with E-state index >= 15 is 0 Å². The third kappa shape index (κ3) is 3.34. The Labute approximate surface area is 182 Å². The summed E-state index contributed by atoms with van der Waals surface area (Å²) in [6.45, 7) is 0. The number of hydrogen-bond acceptors (Lipinski definition) is 6. The number of thiazole rings is 1. The average Bonchev–Trinajstić information content (AvgIpc) is 3.07.